The van der Waals surface area contributed by atoms with Gasteiger partial charge in [0.25, 0.3) is 0 Å². The second-order valence-electron chi connectivity index (χ2n) is 4.52. The molecule has 1 saturated heterocycles. The number of nitriles is 1. The largest absolute Gasteiger partial charge is 0.394 e. The molecule has 1 aromatic carbocycles. The molecule has 1 fully saturated rings. The van der Waals surface area contributed by atoms with Crippen LogP contribution >= 0.6 is 15.9 Å². The minimum absolute atomic E-state index is 0.0603. The van der Waals surface area contributed by atoms with Crippen LogP contribution in [0.5, 0.6) is 0 Å². The van der Waals surface area contributed by atoms with Crippen molar-refractivity contribution in [3.63, 3.8) is 0 Å². The summed E-state index contributed by atoms with van der Waals surface area (Å²) in [6.45, 7) is 1.35. The number of nitrogens with zero attached hydrogens (tertiary/aromatic N) is 1. The molecule has 2 N–H and O–H groups in total. The molecule has 4 nitrogen and oxygen atoms in total. The van der Waals surface area contributed by atoms with E-state index < -0.39 is 0 Å². The smallest absolute Gasteiger partial charge is 0.0992 e. The Balaban J connectivity index is 2.21. The topological polar surface area (TPSA) is 65.3 Å². The predicted octanol–water partition coefficient (Wildman–Crippen LogP) is 2.27. The zero-order valence-corrected chi connectivity index (χ0v) is 11.5. The van der Waals surface area contributed by atoms with Gasteiger partial charge < -0.3 is 15.2 Å². The van der Waals surface area contributed by atoms with Crippen molar-refractivity contribution in [2.75, 3.05) is 25.1 Å². The van der Waals surface area contributed by atoms with Crippen LogP contribution in [0.3, 0.4) is 0 Å². The van der Waals surface area contributed by atoms with Crippen molar-refractivity contribution in [1.82, 2.24) is 0 Å². The lowest BCUT2D eigenvalue weighted by molar-refractivity contribution is 0.0380. The Morgan fingerprint density at radius 3 is 2.72 bits per heavy atom. The van der Waals surface area contributed by atoms with E-state index in [0.717, 1.165) is 23.0 Å². The second-order valence-corrected chi connectivity index (χ2v) is 5.43. The van der Waals surface area contributed by atoms with E-state index in [1.165, 1.54) is 0 Å². The fourth-order valence-corrected chi connectivity index (χ4v) is 2.61. The molecule has 1 aromatic rings. The summed E-state index contributed by atoms with van der Waals surface area (Å²) < 4.78 is 6.17. The molecule has 1 heterocycles. The zero-order chi connectivity index (χ0) is 13.0. The fourth-order valence-electron chi connectivity index (χ4n) is 2.12. The molecule has 0 bridgehead atoms. The van der Waals surface area contributed by atoms with Gasteiger partial charge >= 0.3 is 0 Å². The minimum atomic E-state index is -0.341. The highest BCUT2D eigenvalue weighted by molar-refractivity contribution is 9.10. The standard InChI is InChI=1S/C13H15BrN2O2/c14-11-5-10(8-15)6-12(7-11)16-13(9-17)1-3-18-4-2-13/h5-7,16-17H,1-4,9H2. The molecule has 0 radical (unpaired) electrons. The van der Waals surface area contributed by atoms with Gasteiger partial charge in [-0.15, -0.1) is 0 Å². The van der Waals surface area contributed by atoms with E-state index in [0.29, 0.717) is 18.8 Å². The van der Waals surface area contributed by atoms with Gasteiger partial charge in [0.05, 0.1) is 23.8 Å². The average molecular weight is 311 g/mol. The first kappa shape index (κ1) is 13.3. The van der Waals surface area contributed by atoms with Gasteiger partial charge in [-0.1, -0.05) is 15.9 Å². The quantitative estimate of drug-likeness (QED) is 0.899. The van der Waals surface area contributed by atoms with Crippen LogP contribution in [0.1, 0.15) is 18.4 Å². The monoisotopic (exact) mass is 310 g/mol. The van der Waals surface area contributed by atoms with E-state index in [1.54, 1.807) is 12.1 Å². The first-order valence-corrected chi connectivity index (χ1v) is 6.64. The van der Waals surface area contributed by atoms with Crippen LogP contribution in [0.4, 0.5) is 5.69 Å². The average Bonchev–Trinajstić information content (AvgIpc) is 2.39. The van der Waals surface area contributed by atoms with Gasteiger partial charge in [-0.05, 0) is 31.0 Å². The molecule has 1 aliphatic rings. The van der Waals surface area contributed by atoms with Crippen molar-refractivity contribution < 1.29 is 9.84 Å². The normalized spacial score (nSPS) is 18.1. The molecule has 18 heavy (non-hydrogen) atoms. The lowest BCUT2D eigenvalue weighted by Crippen LogP contribution is -2.46. The summed E-state index contributed by atoms with van der Waals surface area (Å²) in [7, 11) is 0. The summed E-state index contributed by atoms with van der Waals surface area (Å²) >= 11 is 3.38. The molecular weight excluding hydrogens is 296 g/mol. The fraction of sp³-hybridized carbons (Fsp3) is 0.462. The van der Waals surface area contributed by atoms with Crippen LogP contribution in [-0.2, 0) is 4.74 Å². The van der Waals surface area contributed by atoms with E-state index in [1.807, 2.05) is 6.07 Å². The Hall–Kier alpha value is -1.09. The Kier molecular flexibility index (Phi) is 4.23. The number of nitrogens with one attached hydrogen (secondary N) is 1. The third-order valence-corrected chi connectivity index (χ3v) is 3.65. The third kappa shape index (κ3) is 3.02. The molecule has 0 unspecified atom stereocenters. The molecule has 0 saturated carbocycles. The second kappa shape index (κ2) is 5.70. The van der Waals surface area contributed by atoms with Crippen molar-refractivity contribution in [2.24, 2.45) is 0 Å². The number of halogens is 1. The highest BCUT2D eigenvalue weighted by Crippen LogP contribution is 2.28. The van der Waals surface area contributed by atoms with E-state index >= 15 is 0 Å². The third-order valence-electron chi connectivity index (χ3n) is 3.19. The van der Waals surface area contributed by atoms with Gasteiger partial charge in [-0.3, -0.25) is 0 Å². The maximum atomic E-state index is 9.60. The molecule has 1 aliphatic heterocycles. The van der Waals surface area contributed by atoms with Crippen LogP contribution in [0.2, 0.25) is 0 Å². The summed E-state index contributed by atoms with van der Waals surface area (Å²) in [5.41, 5.74) is 1.09. The molecular formula is C13H15BrN2O2. The van der Waals surface area contributed by atoms with Crippen LogP contribution in [0.15, 0.2) is 22.7 Å². The van der Waals surface area contributed by atoms with E-state index in [9.17, 15) is 5.11 Å². The molecule has 2 rings (SSSR count). The van der Waals surface area contributed by atoms with Crippen molar-refractivity contribution in [3.05, 3.63) is 28.2 Å². The number of hydrogen-bond donors (Lipinski definition) is 2. The van der Waals surface area contributed by atoms with Gasteiger partial charge in [-0.2, -0.15) is 5.26 Å². The molecule has 5 heteroatoms. The van der Waals surface area contributed by atoms with E-state index in [4.69, 9.17) is 10.00 Å². The van der Waals surface area contributed by atoms with Gasteiger partial charge in [-0.25, -0.2) is 0 Å². The maximum absolute atomic E-state index is 9.60. The molecule has 0 aromatic heterocycles. The molecule has 0 aliphatic carbocycles. The van der Waals surface area contributed by atoms with Crippen LogP contribution in [0, 0.1) is 11.3 Å². The Morgan fingerprint density at radius 1 is 1.39 bits per heavy atom. The maximum Gasteiger partial charge on any atom is 0.0992 e. The van der Waals surface area contributed by atoms with Crippen molar-refractivity contribution in [3.8, 4) is 6.07 Å². The Bertz CT molecular complexity index is 465. The highest BCUT2D eigenvalue weighted by Gasteiger charge is 2.31. The van der Waals surface area contributed by atoms with Crippen molar-refractivity contribution >= 4 is 21.6 Å². The van der Waals surface area contributed by atoms with Crippen molar-refractivity contribution in [1.29, 1.82) is 5.26 Å². The molecule has 0 spiro atoms. The summed E-state index contributed by atoms with van der Waals surface area (Å²) in [4.78, 5) is 0. The summed E-state index contributed by atoms with van der Waals surface area (Å²) in [5.74, 6) is 0. The Labute approximate surface area is 115 Å². The van der Waals surface area contributed by atoms with Crippen molar-refractivity contribution in [2.45, 2.75) is 18.4 Å². The van der Waals surface area contributed by atoms with E-state index in [2.05, 4.69) is 27.3 Å². The number of ether oxygens (including phenoxy) is 1. The number of benzene rings is 1. The Morgan fingerprint density at radius 2 is 2.11 bits per heavy atom. The zero-order valence-electron chi connectivity index (χ0n) is 9.95. The summed E-state index contributed by atoms with van der Waals surface area (Å²) in [6, 6.07) is 7.58. The summed E-state index contributed by atoms with van der Waals surface area (Å²) in [6.07, 6.45) is 1.52. The first-order valence-electron chi connectivity index (χ1n) is 5.85. The van der Waals surface area contributed by atoms with Gasteiger partial charge in [0, 0.05) is 23.4 Å². The molecule has 0 amide bonds. The highest BCUT2D eigenvalue weighted by atomic mass is 79.9. The lowest BCUT2D eigenvalue weighted by atomic mass is 9.90. The number of aliphatic hydroxyl groups is 1. The molecule has 96 valence electrons. The predicted molar refractivity (Wildman–Crippen MR) is 72.3 cm³/mol. The van der Waals surface area contributed by atoms with Crippen LogP contribution < -0.4 is 5.32 Å². The number of rotatable bonds is 3. The van der Waals surface area contributed by atoms with Crippen LogP contribution in [0.25, 0.3) is 0 Å². The van der Waals surface area contributed by atoms with Gasteiger partial charge in [0.1, 0.15) is 0 Å². The summed E-state index contributed by atoms with van der Waals surface area (Å²) in [5, 5.41) is 21.9. The number of hydrogen-bond acceptors (Lipinski definition) is 4. The lowest BCUT2D eigenvalue weighted by Gasteiger charge is -2.37. The van der Waals surface area contributed by atoms with E-state index in [-0.39, 0.29) is 12.1 Å². The molecule has 0 atom stereocenters. The minimum Gasteiger partial charge on any atom is -0.394 e. The van der Waals surface area contributed by atoms with Crippen LogP contribution in [-0.4, -0.2) is 30.5 Å². The number of anilines is 1. The first-order chi connectivity index (χ1) is 8.67. The van der Waals surface area contributed by atoms with Gasteiger partial charge in [0.2, 0.25) is 0 Å². The SMILES string of the molecule is N#Cc1cc(Br)cc(NC2(CO)CCOCC2)c1. The number of aliphatic hydroxyl groups excluding tert-OH is 1. The van der Waals surface area contributed by atoms with Gasteiger partial charge in [0.15, 0.2) is 0 Å².